The van der Waals surface area contributed by atoms with Crippen molar-refractivity contribution in [3.05, 3.63) is 94.0 Å². The van der Waals surface area contributed by atoms with Crippen LogP contribution < -0.4 is 5.32 Å². The van der Waals surface area contributed by atoms with Gasteiger partial charge in [-0.1, -0.05) is 73.5 Å². The summed E-state index contributed by atoms with van der Waals surface area (Å²) in [4.78, 5) is 13.2. The van der Waals surface area contributed by atoms with Gasteiger partial charge in [0.2, 0.25) is 15.9 Å². The number of hydrogen-bond donors (Lipinski definition) is 1. The Labute approximate surface area is 201 Å². The lowest BCUT2D eigenvalue weighted by atomic mass is 10.0. The zero-order valence-electron chi connectivity index (χ0n) is 19.1. The molecule has 0 radical (unpaired) electrons. The highest BCUT2D eigenvalue weighted by Gasteiger charge is 2.27. The molecule has 33 heavy (non-hydrogen) atoms. The average Bonchev–Trinajstić information content (AvgIpc) is 2.80. The molecule has 0 aliphatic rings. The largest absolute Gasteiger partial charge is 0.324 e. The number of carbonyl (C=O) groups is 1. The lowest BCUT2D eigenvalue weighted by Gasteiger charge is -2.23. The molecular formula is C26H29ClN2O3S. The third kappa shape index (κ3) is 6.22. The average molecular weight is 485 g/mol. The predicted molar refractivity (Wildman–Crippen MR) is 134 cm³/mol. The number of amides is 1. The molecule has 0 atom stereocenters. The molecular weight excluding hydrogens is 456 g/mol. The van der Waals surface area contributed by atoms with Crippen LogP contribution in [0.1, 0.15) is 36.1 Å². The van der Waals surface area contributed by atoms with Gasteiger partial charge in [0.05, 0.1) is 11.4 Å². The van der Waals surface area contributed by atoms with Gasteiger partial charge in [-0.2, -0.15) is 4.31 Å². The number of anilines is 1. The molecule has 0 unspecified atom stereocenters. The number of nitrogens with zero attached hydrogens (tertiary/aromatic N) is 1. The number of nitrogens with one attached hydrogen (secondary N) is 1. The summed E-state index contributed by atoms with van der Waals surface area (Å²) in [5.74, 6) is -0.379. The van der Waals surface area contributed by atoms with Gasteiger partial charge in [0.15, 0.2) is 0 Å². The van der Waals surface area contributed by atoms with Gasteiger partial charge in [-0.3, -0.25) is 4.79 Å². The number of carbonyl (C=O) groups excluding carboxylic acids is 1. The quantitative estimate of drug-likeness (QED) is 0.429. The van der Waals surface area contributed by atoms with Gasteiger partial charge in [0.25, 0.3) is 0 Å². The summed E-state index contributed by atoms with van der Waals surface area (Å²) >= 11 is 5.95. The molecule has 3 aromatic carbocycles. The van der Waals surface area contributed by atoms with E-state index < -0.39 is 10.0 Å². The maximum Gasteiger partial charge on any atom is 0.243 e. The van der Waals surface area contributed by atoms with E-state index >= 15 is 0 Å². The summed E-state index contributed by atoms with van der Waals surface area (Å²) in [6.07, 6.45) is 1.53. The fraction of sp³-hybridized carbons (Fsp3) is 0.269. The highest BCUT2D eigenvalue weighted by atomic mass is 35.5. The lowest BCUT2D eigenvalue weighted by Crippen LogP contribution is -2.37. The van der Waals surface area contributed by atoms with Crippen LogP contribution in [-0.2, 0) is 34.2 Å². The van der Waals surface area contributed by atoms with Crippen molar-refractivity contribution >= 4 is 33.2 Å². The van der Waals surface area contributed by atoms with E-state index in [1.165, 1.54) is 28.6 Å². The summed E-state index contributed by atoms with van der Waals surface area (Å²) < 4.78 is 28.1. The minimum Gasteiger partial charge on any atom is -0.324 e. The second-order valence-electron chi connectivity index (χ2n) is 7.92. The molecule has 0 fully saturated rings. The van der Waals surface area contributed by atoms with Crippen LogP contribution in [0.2, 0.25) is 5.02 Å². The fourth-order valence-corrected chi connectivity index (χ4v) is 5.13. The molecule has 0 spiro atoms. The van der Waals surface area contributed by atoms with E-state index in [0.717, 1.165) is 40.8 Å². The Balaban J connectivity index is 1.92. The summed E-state index contributed by atoms with van der Waals surface area (Å²) in [6, 6.07) is 19.5. The van der Waals surface area contributed by atoms with Crippen molar-refractivity contribution in [1.82, 2.24) is 4.31 Å². The molecule has 3 aromatic rings. The fourth-order valence-electron chi connectivity index (χ4n) is 3.62. The van der Waals surface area contributed by atoms with E-state index in [1.54, 1.807) is 0 Å². The Bertz CT molecular complexity index is 1190. The van der Waals surface area contributed by atoms with E-state index in [-0.39, 0.29) is 23.9 Å². The topological polar surface area (TPSA) is 66.5 Å². The van der Waals surface area contributed by atoms with E-state index in [2.05, 4.69) is 5.32 Å². The number of benzene rings is 3. The van der Waals surface area contributed by atoms with Crippen LogP contribution >= 0.6 is 11.6 Å². The molecule has 3 rings (SSSR count). The first-order valence-corrected chi connectivity index (χ1v) is 12.8. The standard InChI is InChI=1S/C26H29ClN2O3S/c1-4-21-7-6-8-22(5-2)26(21)28-25(30)18-29(17-20-11-9-19(3)10-12-20)33(31,32)24-15-13-23(27)14-16-24/h6-16H,4-5,17-18H2,1-3H3,(H,28,30). The van der Waals surface area contributed by atoms with Crippen molar-refractivity contribution in [2.24, 2.45) is 0 Å². The van der Waals surface area contributed by atoms with Crippen LogP contribution in [0.5, 0.6) is 0 Å². The van der Waals surface area contributed by atoms with Gasteiger partial charge in [-0.25, -0.2) is 8.42 Å². The predicted octanol–water partition coefficient (Wildman–Crippen LogP) is 5.60. The Kier molecular flexibility index (Phi) is 8.30. The molecule has 0 saturated heterocycles. The molecule has 0 aliphatic carbocycles. The van der Waals surface area contributed by atoms with Crippen molar-refractivity contribution in [2.45, 2.75) is 45.1 Å². The molecule has 5 nitrogen and oxygen atoms in total. The van der Waals surface area contributed by atoms with E-state index in [9.17, 15) is 13.2 Å². The third-order valence-corrected chi connectivity index (χ3v) is 7.57. The second kappa shape index (κ2) is 11.0. The molecule has 1 amide bonds. The van der Waals surface area contributed by atoms with Crippen molar-refractivity contribution in [2.75, 3.05) is 11.9 Å². The zero-order chi connectivity index (χ0) is 24.0. The minimum atomic E-state index is -3.93. The Morgan fingerprint density at radius 3 is 2.03 bits per heavy atom. The van der Waals surface area contributed by atoms with Gasteiger partial charge in [-0.05, 0) is 60.7 Å². The molecule has 0 aliphatic heterocycles. The van der Waals surface area contributed by atoms with Crippen molar-refractivity contribution in [3.63, 3.8) is 0 Å². The van der Waals surface area contributed by atoms with Crippen LogP contribution in [-0.4, -0.2) is 25.2 Å². The molecule has 1 N–H and O–H groups in total. The Morgan fingerprint density at radius 2 is 1.48 bits per heavy atom. The van der Waals surface area contributed by atoms with Crippen LogP contribution in [0.25, 0.3) is 0 Å². The summed E-state index contributed by atoms with van der Waals surface area (Å²) in [5.41, 5.74) is 4.69. The smallest absolute Gasteiger partial charge is 0.243 e. The maximum atomic E-state index is 13.5. The van der Waals surface area contributed by atoms with Gasteiger partial charge in [0.1, 0.15) is 0 Å². The summed E-state index contributed by atoms with van der Waals surface area (Å²) in [7, 11) is -3.93. The SMILES string of the molecule is CCc1cccc(CC)c1NC(=O)CN(Cc1ccc(C)cc1)S(=O)(=O)c1ccc(Cl)cc1. The van der Waals surface area contributed by atoms with E-state index in [0.29, 0.717) is 5.02 Å². The first-order valence-electron chi connectivity index (χ1n) is 11.0. The number of rotatable bonds is 9. The van der Waals surface area contributed by atoms with Crippen LogP contribution in [0.15, 0.2) is 71.6 Å². The zero-order valence-corrected chi connectivity index (χ0v) is 20.7. The van der Waals surface area contributed by atoms with Crippen molar-refractivity contribution in [1.29, 1.82) is 0 Å². The van der Waals surface area contributed by atoms with E-state index in [1.807, 2.05) is 63.2 Å². The maximum absolute atomic E-state index is 13.5. The monoisotopic (exact) mass is 484 g/mol. The molecule has 7 heteroatoms. The van der Waals surface area contributed by atoms with E-state index in [4.69, 9.17) is 11.6 Å². The highest BCUT2D eigenvalue weighted by Crippen LogP contribution is 2.24. The first kappa shape index (κ1) is 25.0. The number of sulfonamides is 1. The number of para-hydroxylation sites is 1. The minimum absolute atomic E-state index is 0.0781. The van der Waals surface area contributed by atoms with Crippen LogP contribution in [0.3, 0.4) is 0 Å². The molecule has 0 heterocycles. The molecule has 0 aromatic heterocycles. The third-order valence-electron chi connectivity index (χ3n) is 5.51. The lowest BCUT2D eigenvalue weighted by molar-refractivity contribution is -0.116. The second-order valence-corrected chi connectivity index (χ2v) is 10.3. The van der Waals surface area contributed by atoms with Gasteiger partial charge < -0.3 is 5.32 Å². The normalized spacial score (nSPS) is 11.5. The number of aryl methyl sites for hydroxylation is 3. The Morgan fingerprint density at radius 1 is 0.909 bits per heavy atom. The summed E-state index contributed by atoms with van der Waals surface area (Å²) in [5, 5.41) is 3.42. The van der Waals surface area contributed by atoms with Crippen LogP contribution in [0.4, 0.5) is 5.69 Å². The van der Waals surface area contributed by atoms with Crippen LogP contribution in [0, 0.1) is 6.92 Å². The van der Waals surface area contributed by atoms with Gasteiger partial charge in [0, 0.05) is 17.3 Å². The van der Waals surface area contributed by atoms with Crippen molar-refractivity contribution < 1.29 is 13.2 Å². The van der Waals surface area contributed by atoms with Crippen molar-refractivity contribution in [3.8, 4) is 0 Å². The first-order chi connectivity index (χ1) is 15.7. The number of hydrogen-bond acceptors (Lipinski definition) is 3. The highest BCUT2D eigenvalue weighted by molar-refractivity contribution is 7.89. The molecule has 0 saturated carbocycles. The number of halogens is 1. The molecule has 174 valence electrons. The Hall–Kier alpha value is -2.67. The van der Waals surface area contributed by atoms with Gasteiger partial charge in [-0.15, -0.1) is 0 Å². The summed E-state index contributed by atoms with van der Waals surface area (Å²) in [6.45, 7) is 5.79. The molecule has 0 bridgehead atoms. The van der Waals surface area contributed by atoms with Gasteiger partial charge >= 0.3 is 0 Å².